The number of aryl methyl sites for hydroxylation is 1. The monoisotopic (exact) mass is 308 g/mol. The molecule has 0 saturated carbocycles. The molecule has 1 amide bonds. The Morgan fingerprint density at radius 1 is 1.14 bits per heavy atom. The van der Waals surface area contributed by atoms with Gasteiger partial charge in [0, 0.05) is 13.1 Å². The second-order valence-corrected chi connectivity index (χ2v) is 6.35. The molecule has 0 aliphatic carbocycles. The summed E-state index contributed by atoms with van der Waals surface area (Å²) in [5.41, 5.74) is 2.46. The topological polar surface area (TPSA) is 32.3 Å². The molecular formula is C17H25ClN2O. The Balaban J connectivity index is 0.00000161. The number of nitrogens with zero attached hydrogens (tertiary/aromatic N) is 1. The van der Waals surface area contributed by atoms with Crippen molar-refractivity contribution in [2.24, 2.45) is 5.41 Å². The second-order valence-electron chi connectivity index (χ2n) is 6.35. The highest BCUT2D eigenvalue weighted by Crippen LogP contribution is 2.39. The average Bonchev–Trinajstić information content (AvgIpc) is 2.47. The van der Waals surface area contributed by atoms with E-state index in [0.717, 1.165) is 51.9 Å². The molecule has 3 nitrogen and oxygen atoms in total. The predicted molar refractivity (Wildman–Crippen MR) is 87.6 cm³/mol. The molecule has 0 radical (unpaired) electrons. The van der Waals surface area contributed by atoms with E-state index in [9.17, 15) is 4.79 Å². The molecule has 1 N–H and O–H groups in total. The summed E-state index contributed by atoms with van der Waals surface area (Å²) in [7, 11) is 0. The van der Waals surface area contributed by atoms with Gasteiger partial charge in [-0.15, -0.1) is 12.4 Å². The van der Waals surface area contributed by atoms with Crippen LogP contribution in [0.4, 0.5) is 0 Å². The van der Waals surface area contributed by atoms with Gasteiger partial charge in [-0.25, -0.2) is 0 Å². The maximum atomic E-state index is 12.9. The van der Waals surface area contributed by atoms with Gasteiger partial charge in [-0.3, -0.25) is 4.79 Å². The molecule has 4 heteroatoms. The second kappa shape index (κ2) is 6.80. The summed E-state index contributed by atoms with van der Waals surface area (Å²) in [5, 5.41) is 3.38. The highest BCUT2D eigenvalue weighted by atomic mass is 35.5. The van der Waals surface area contributed by atoms with Crippen LogP contribution in [-0.2, 0) is 11.3 Å². The maximum Gasteiger partial charge on any atom is 0.229 e. The third-order valence-corrected chi connectivity index (χ3v) is 4.88. The summed E-state index contributed by atoms with van der Waals surface area (Å²) in [6, 6.07) is 8.55. The first-order valence-electron chi connectivity index (χ1n) is 7.75. The van der Waals surface area contributed by atoms with E-state index in [1.54, 1.807) is 0 Å². The molecule has 116 valence electrons. The average molecular weight is 309 g/mol. The van der Waals surface area contributed by atoms with Gasteiger partial charge in [0.2, 0.25) is 5.91 Å². The van der Waals surface area contributed by atoms with Crippen LogP contribution >= 0.6 is 12.4 Å². The lowest BCUT2D eigenvalue weighted by atomic mass is 9.72. The highest BCUT2D eigenvalue weighted by Gasteiger charge is 2.44. The summed E-state index contributed by atoms with van der Waals surface area (Å²) in [6.45, 7) is 5.77. The highest BCUT2D eigenvalue weighted by molar-refractivity contribution is 5.85. The quantitative estimate of drug-likeness (QED) is 0.911. The molecule has 3 rings (SSSR count). The summed E-state index contributed by atoms with van der Waals surface area (Å²) in [4.78, 5) is 15.0. The smallest absolute Gasteiger partial charge is 0.229 e. The Hall–Kier alpha value is -1.06. The van der Waals surface area contributed by atoms with Gasteiger partial charge in [-0.05, 0) is 51.3 Å². The Bertz CT molecular complexity index is 475. The zero-order valence-electron chi connectivity index (χ0n) is 12.7. The van der Waals surface area contributed by atoms with Crippen LogP contribution in [0.15, 0.2) is 24.3 Å². The molecular weight excluding hydrogens is 284 g/mol. The molecule has 1 aromatic carbocycles. The molecule has 2 saturated heterocycles. The summed E-state index contributed by atoms with van der Waals surface area (Å²) in [6.07, 6.45) is 4.25. The number of carbonyl (C=O) groups excluding carboxylic acids is 1. The van der Waals surface area contributed by atoms with Gasteiger partial charge in [0.05, 0.1) is 5.41 Å². The third-order valence-electron chi connectivity index (χ3n) is 4.88. The van der Waals surface area contributed by atoms with E-state index in [4.69, 9.17) is 0 Å². The SMILES string of the molecule is Cc1ccc(CN2CCCC3(CCNCC3)C2=O)cc1.Cl. The Labute approximate surface area is 133 Å². The number of nitrogens with one attached hydrogen (secondary N) is 1. The van der Waals surface area contributed by atoms with Crippen LogP contribution in [0.3, 0.4) is 0 Å². The fourth-order valence-corrected chi connectivity index (χ4v) is 3.59. The number of carbonyl (C=O) groups is 1. The van der Waals surface area contributed by atoms with Crippen LogP contribution in [0.2, 0.25) is 0 Å². The molecule has 1 aromatic rings. The predicted octanol–water partition coefficient (Wildman–Crippen LogP) is 2.91. The number of hydrogen-bond donors (Lipinski definition) is 1. The number of likely N-dealkylation sites (tertiary alicyclic amines) is 1. The van der Waals surface area contributed by atoms with Crippen molar-refractivity contribution >= 4 is 18.3 Å². The third kappa shape index (κ3) is 3.41. The number of amides is 1. The minimum atomic E-state index is -0.0613. The summed E-state index contributed by atoms with van der Waals surface area (Å²) in [5.74, 6) is 0.394. The molecule has 21 heavy (non-hydrogen) atoms. The zero-order valence-corrected chi connectivity index (χ0v) is 13.5. The summed E-state index contributed by atoms with van der Waals surface area (Å²) >= 11 is 0. The number of hydrogen-bond acceptors (Lipinski definition) is 2. The van der Waals surface area contributed by atoms with E-state index in [1.165, 1.54) is 11.1 Å². The standard InChI is InChI=1S/C17H24N2O.ClH/c1-14-3-5-15(6-4-14)13-19-12-2-7-17(16(19)20)8-10-18-11-9-17;/h3-6,18H,2,7-13H2,1H3;1H. The van der Waals surface area contributed by atoms with E-state index in [2.05, 4.69) is 41.4 Å². The summed E-state index contributed by atoms with van der Waals surface area (Å²) < 4.78 is 0. The van der Waals surface area contributed by atoms with Crippen molar-refractivity contribution in [1.29, 1.82) is 0 Å². The van der Waals surface area contributed by atoms with Gasteiger partial charge >= 0.3 is 0 Å². The normalized spacial score (nSPS) is 21.2. The fraction of sp³-hybridized carbons (Fsp3) is 0.588. The minimum absolute atomic E-state index is 0. The number of rotatable bonds is 2. The van der Waals surface area contributed by atoms with E-state index >= 15 is 0 Å². The van der Waals surface area contributed by atoms with Crippen molar-refractivity contribution in [3.63, 3.8) is 0 Å². The van der Waals surface area contributed by atoms with Gasteiger partial charge in [0.1, 0.15) is 0 Å². The zero-order chi connectivity index (χ0) is 14.0. The lowest BCUT2D eigenvalue weighted by Crippen LogP contribution is -2.52. The molecule has 2 fully saturated rings. The van der Waals surface area contributed by atoms with Crippen LogP contribution in [0.1, 0.15) is 36.8 Å². The van der Waals surface area contributed by atoms with Gasteiger partial charge in [0.15, 0.2) is 0 Å². The molecule has 0 unspecified atom stereocenters. The maximum absolute atomic E-state index is 12.9. The molecule has 2 aliphatic rings. The lowest BCUT2D eigenvalue weighted by molar-refractivity contribution is -0.149. The Morgan fingerprint density at radius 3 is 2.48 bits per heavy atom. The molecule has 2 heterocycles. The first-order valence-corrected chi connectivity index (χ1v) is 7.75. The van der Waals surface area contributed by atoms with Crippen molar-refractivity contribution in [3.05, 3.63) is 35.4 Å². The van der Waals surface area contributed by atoms with Gasteiger partial charge < -0.3 is 10.2 Å². The number of benzene rings is 1. The Kier molecular flexibility index (Phi) is 5.28. The van der Waals surface area contributed by atoms with E-state index in [1.807, 2.05) is 0 Å². The molecule has 0 bridgehead atoms. The van der Waals surface area contributed by atoms with E-state index in [0.29, 0.717) is 5.91 Å². The fourth-order valence-electron chi connectivity index (χ4n) is 3.59. The molecule has 2 aliphatic heterocycles. The van der Waals surface area contributed by atoms with E-state index < -0.39 is 0 Å². The van der Waals surface area contributed by atoms with Crippen LogP contribution in [0, 0.1) is 12.3 Å². The number of piperidine rings is 2. The lowest BCUT2D eigenvalue weighted by Gasteiger charge is -2.44. The molecule has 1 spiro atoms. The van der Waals surface area contributed by atoms with Crippen molar-refractivity contribution in [1.82, 2.24) is 10.2 Å². The van der Waals surface area contributed by atoms with Crippen LogP contribution < -0.4 is 5.32 Å². The van der Waals surface area contributed by atoms with Crippen LogP contribution in [0.5, 0.6) is 0 Å². The Morgan fingerprint density at radius 2 is 1.81 bits per heavy atom. The van der Waals surface area contributed by atoms with Gasteiger partial charge in [-0.1, -0.05) is 29.8 Å². The molecule has 0 aromatic heterocycles. The first-order chi connectivity index (χ1) is 9.70. The number of halogens is 1. The molecule has 0 atom stereocenters. The van der Waals surface area contributed by atoms with Crippen LogP contribution in [0.25, 0.3) is 0 Å². The van der Waals surface area contributed by atoms with E-state index in [-0.39, 0.29) is 17.8 Å². The van der Waals surface area contributed by atoms with Crippen molar-refractivity contribution in [2.75, 3.05) is 19.6 Å². The van der Waals surface area contributed by atoms with Crippen molar-refractivity contribution in [2.45, 2.75) is 39.2 Å². The largest absolute Gasteiger partial charge is 0.338 e. The minimum Gasteiger partial charge on any atom is -0.338 e. The van der Waals surface area contributed by atoms with Crippen LogP contribution in [-0.4, -0.2) is 30.4 Å². The van der Waals surface area contributed by atoms with Gasteiger partial charge in [0.25, 0.3) is 0 Å². The van der Waals surface area contributed by atoms with Crippen molar-refractivity contribution in [3.8, 4) is 0 Å². The first kappa shape index (κ1) is 16.3. The van der Waals surface area contributed by atoms with Crippen molar-refractivity contribution < 1.29 is 4.79 Å². The van der Waals surface area contributed by atoms with Gasteiger partial charge in [-0.2, -0.15) is 0 Å².